The van der Waals surface area contributed by atoms with E-state index in [1.165, 1.54) is 7.11 Å². The van der Waals surface area contributed by atoms with Crippen molar-refractivity contribution in [3.63, 3.8) is 0 Å². The number of ether oxygens (including phenoxy) is 1. The molecule has 4 aromatic rings. The maximum absolute atomic E-state index is 13.5. The lowest BCUT2D eigenvalue weighted by Gasteiger charge is -2.25. The predicted molar refractivity (Wildman–Crippen MR) is 123 cm³/mol. The van der Waals surface area contributed by atoms with Gasteiger partial charge >= 0.3 is 0 Å². The average Bonchev–Trinajstić information content (AvgIpc) is 3.07. The first kappa shape index (κ1) is 19.8. The Hall–Kier alpha value is -3.09. The topological polar surface area (TPSA) is 59.8 Å². The molecule has 0 aliphatic carbocycles. The van der Waals surface area contributed by atoms with Crippen LogP contribution in [0.1, 0.15) is 27.7 Å². The van der Waals surface area contributed by atoms with Crippen LogP contribution in [0.15, 0.2) is 80.4 Å². The second-order valence-corrected chi connectivity index (χ2v) is 8.44. The van der Waals surface area contributed by atoms with Crippen LogP contribution in [0.25, 0.3) is 11.0 Å². The van der Waals surface area contributed by atoms with Gasteiger partial charge < -0.3 is 9.15 Å². The summed E-state index contributed by atoms with van der Waals surface area (Å²) in [5, 5.41) is 0.778. The van der Waals surface area contributed by atoms with E-state index in [0.29, 0.717) is 33.0 Å². The highest BCUT2D eigenvalue weighted by Gasteiger charge is 2.43. The van der Waals surface area contributed by atoms with Gasteiger partial charge in [0.2, 0.25) is 5.76 Å². The number of benzene rings is 3. The van der Waals surface area contributed by atoms with E-state index >= 15 is 0 Å². The Labute approximate surface area is 190 Å². The summed E-state index contributed by atoms with van der Waals surface area (Å²) in [5.41, 5.74) is 1.78. The Morgan fingerprint density at radius 3 is 2.52 bits per heavy atom. The van der Waals surface area contributed by atoms with Crippen molar-refractivity contribution in [2.75, 3.05) is 12.0 Å². The number of hydrogen-bond donors (Lipinski definition) is 0. The number of carbonyl (C=O) groups is 1. The number of hydrogen-bond acceptors (Lipinski definition) is 4. The van der Waals surface area contributed by atoms with Crippen LogP contribution in [0.5, 0.6) is 5.75 Å². The molecule has 3 aromatic carbocycles. The molecule has 0 saturated heterocycles. The van der Waals surface area contributed by atoms with Gasteiger partial charge in [0, 0.05) is 10.2 Å². The van der Waals surface area contributed by atoms with E-state index in [9.17, 15) is 9.59 Å². The molecule has 7 heteroatoms. The molecule has 0 saturated carbocycles. The second kappa shape index (κ2) is 7.55. The highest BCUT2D eigenvalue weighted by molar-refractivity contribution is 9.10. The van der Waals surface area contributed by atoms with Crippen LogP contribution in [0.3, 0.4) is 0 Å². The normalized spacial score (nSPS) is 15.4. The van der Waals surface area contributed by atoms with Crippen LogP contribution in [0.4, 0.5) is 5.69 Å². The largest absolute Gasteiger partial charge is 0.495 e. The lowest BCUT2D eigenvalue weighted by atomic mass is 9.98. The third kappa shape index (κ3) is 3.14. The van der Waals surface area contributed by atoms with Crippen LogP contribution in [-0.2, 0) is 0 Å². The molecule has 2 heterocycles. The zero-order valence-corrected chi connectivity index (χ0v) is 18.6. The Bertz CT molecular complexity index is 1400. The summed E-state index contributed by atoms with van der Waals surface area (Å²) in [6.45, 7) is 0. The molecule has 1 aromatic heterocycles. The summed E-state index contributed by atoms with van der Waals surface area (Å²) in [4.78, 5) is 28.6. The first-order valence-electron chi connectivity index (χ1n) is 9.48. The molecule has 154 valence electrons. The van der Waals surface area contributed by atoms with Gasteiger partial charge in [0.05, 0.1) is 29.1 Å². The molecule has 0 N–H and O–H groups in total. The van der Waals surface area contributed by atoms with Crippen LogP contribution in [0, 0.1) is 0 Å². The molecule has 1 amide bonds. The standard InChI is InChI=1S/C24H15BrClNO4/c1-30-19-10-8-15(12-17(19)26)27-21(13-5-3-2-4-6-13)20-22(28)16-11-14(25)7-9-18(16)31-23(20)24(27)29/h2-12,21H,1H3. The molecule has 0 radical (unpaired) electrons. The molecule has 0 fully saturated rings. The van der Waals surface area contributed by atoms with Gasteiger partial charge in [-0.05, 0) is 42.0 Å². The van der Waals surface area contributed by atoms with Crippen molar-refractivity contribution < 1.29 is 13.9 Å². The minimum atomic E-state index is -0.646. The summed E-state index contributed by atoms with van der Waals surface area (Å²) in [6.07, 6.45) is 0. The Morgan fingerprint density at radius 1 is 1.03 bits per heavy atom. The number of fused-ring (bicyclic) bond motifs is 2. The highest BCUT2D eigenvalue weighted by Crippen LogP contribution is 2.42. The summed E-state index contributed by atoms with van der Waals surface area (Å²) in [5.74, 6) is 0.142. The third-order valence-corrected chi connectivity index (χ3v) is 6.15. The summed E-state index contributed by atoms with van der Waals surface area (Å²) >= 11 is 9.75. The molecule has 5 nitrogen and oxygen atoms in total. The fourth-order valence-electron chi connectivity index (χ4n) is 3.97. The zero-order valence-electron chi connectivity index (χ0n) is 16.3. The van der Waals surface area contributed by atoms with E-state index in [1.807, 2.05) is 30.3 Å². The summed E-state index contributed by atoms with van der Waals surface area (Å²) < 4.78 is 12.0. The van der Waals surface area contributed by atoms with Gasteiger partial charge in [0.15, 0.2) is 5.43 Å². The van der Waals surface area contributed by atoms with Crippen molar-refractivity contribution in [2.45, 2.75) is 6.04 Å². The summed E-state index contributed by atoms with van der Waals surface area (Å²) in [7, 11) is 1.52. The minimum Gasteiger partial charge on any atom is -0.495 e. The smallest absolute Gasteiger partial charge is 0.295 e. The van der Waals surface area contributed by atoms with E-state index in [0.717, 1.165) is 10.0 Å². The fraction of sp³-hybridized carbons (Fsp3) is 0.0833. The van der Waals surface area contributed by atoms with Gasteiger partial charge in [-0.25, -0.2) is 0 Å². The number of carbonyl (C=O) groups excluding carboxylic acids is 1. The first-order chi connectivity index (χ1) is 15.0. The quantitative estimate of drug-likeness (QED) is 0.351. The monoisotopic (exact) mass is 495 g/mol. The lowest BCUT2D eigenvalue weighted by molar-refractivity contribution is 0.0971. The van der Waals surface area contributed by atoms with E-state index in [-0.39, 0.29) is 11.2 Å². The number of halogens is 2. The SMILES string of the molecule is COc1ccc(N2C(=O)c3oc4ccc(Br)cc4c(=O)c3C2c2ccccc2)cc1Cl. The van der Waals surface area contributed by atoms with Crippen molar-refractivity contribution >= 4 is 50.1 Å². The van der Waals surface area contributed by atoms with Gasteiger partial charge in [0.25, 0.3) is 5.91 Å². The predicted octanol–water partition coefficient (Wildman–Crippen LogP) is 5.97. The number of methoxy groups -OCH3 is 1. The number of rotatable bonds is 3. The van der Waals surface area contributed by atoms with Crippen LogP contribution in [-0.4, -0.2) is 13.0 Å². The number of nitrogens with zero attached hydrogens (tertiary/aromatic N) is 1. The molecule has 0 bridgehead atoms. The first-order valence-corrected chi connectivity index (χ1v) is 10.6. The molecule has 0 spiro atoms. The van der Waals surface area contributed by atoms with Gasteiger partial charge in [-0.3, -0.25) is 14.5 Å². The third-order valence-electron chi connectivity index (χ3n) is 5.36. The number of anilines is 1. The molecule has 1 unspecified atom stereocenters. The van der Waals surface area contributed by atoms with Crippen LogP contribution >= 0.6 is 27.5 Å². The van der Waals surface area contributed by atoms with Crippen molar-refractivity contribution in [1.82, 2.24) is 0 Å². The second-order valence-electron chi connectivity index (χ2n) is 7.12. The molecular weight excluding hydrogens is 482 g/mol. The molecular formula is C24H15BrClNO4. The van der Waals surface area contributed by atoms with E-state index < -0.39 is 11.9 Å². The Balaban J connectivity index is 1.80. The average molecular weight is 497 g/mol. The zero-order chi connectivity index (χ0) is 21.7. The van der Waals surface area contributed by atoms with Crippen LogP contribution in [0.2, 0.25) is 5.02 Å². The number of amides is 1. The molecule has 1 aliphatic heterocycles. The van der Waals surface area contributed by atoms with E-state index in [1.54, 1.807) is 41.3 Å². The highest BCUT2D eigenvalue weighted by atomic mass is 79.9. The lowest BCUT2D eigenvalue weighted by Crippen LogP contribution is -2.29. The van der Waals surface area contributed by atoms with E-state index in [4.69, 9.17) is 20.8 Å². The van der Waals surface area contributed by atoms with Crippen molar-refractivity contribution in [1.29, 1.82) is 0 Å². The van der Waals surface area contributed by atoms with Crippen molar-refractivity contribution in [3.05, 3.63) is 103 Å². The minimum absolute atomic E-state index is 0.0422. The van der Waals surface area contributed by atoms with E-state index in [2.05, 4.69) is 15.9 Å². The molecule has 31 heavy (non-hydrogen) atoms. The summed E-state index contributed by atoms with van der Waals surface area (Å²) in [6, 6.07) is 19.0. The maximum Gasteiger partial charge on any atom is 0.295 e. The van der Waals surface area contributed by atoms with Gasteiger partial charge in [-0.1, -0.05) is 57.9 Å². The van der Waals surface area contributed by atoms with Gasteiger partial charge in [-0.2, -0.15) is 0 Å². The van der Waals surface area contributed by atoms with Gasteiger partial charge in [0.1, 0.15) is 11.3 Å². The van der Waals surface area contributed by atoms with Crippen LogP contribution < -0.4 is 15.1 Å². The maximum atomic E-state index is 13.5. The molecule has 5 rings (SSSR count). The fourth-order valence-corrected chi connectivity index (χ4v) is 4.58. The van der Waals surface area contributed by atoms with Gasteiger partial charge in [-0.15, -0.1) is 0 Å². The molecule has 1 atom stereocenters. The Kier molecular flexibility index (Phi) is 4.84. The Morgan fingerprint density at radius 2 is 1.81 bits per heavy atom. The van der Waals surface area contributed by atoms with Crippen molar-refractivity contribution in [3.8, 4) is 5.75 Å². The van der Waals surface area contributed by atoms with Crippen molar-refractivity contribution in [2.24, 2.45) is 0 Å². The molecule has 1 aliphatic rings.